The largest absolute Gasteiger partial charge is 0.493 e. The Morgan fingerprint density at radius 3 is 2.79 bits per heavy atom. The van der Waals surface area contributed by atoms with E-state index in [2.05, 4.69) is 25.2 Å². The Hall–Kier alpha value is -1.51. The molecule has 0 spiro atoms. The second-order valence-electron chi connectivity index (χ2n) is 5.21. The average Bonchev–Trinajstić information content (AvgIpc) is 2.60. The molecule has 1 amide bonds. The molecule has 0 saturated heterocycles. The first kappa shape index (κ1) is 13.9. The maximum absolute atomic E-state index is 11.5. The number of carbonyl (C=O) groups is 1. The van der Waals surface area contributed by atoms with Crippen LogP contribution >= 0.6 is 0 Å². The van der Waals surface area contributed by atoms with Gasteiger partial charge in [-0.2, -0.15) is 0 Å². The molecule has 0 bridgehead atoms. The van der Waals surface area contributed by atoms with E-state index in [1.165, 1.54) is 5.56 Å². The fraction of sp³-hybridized carbons (Fsp3) is 0.562. The van der Waals surface area contributed by atoms with E-state index in [-0.39, 0.29) is 5.91 Å². The van der Waals surface area contributed by atoms with Gasteiger partial charge in [0.1, 0.15) is 5.75 Å². The van der Waals surface area contributed by atoms with Gasteiger partial charge >= 0.3 is 0 Å². The molecule has 1 aromatic carbocycles. The highest BCUT2D eigenvalue weighted by Gasteiger charge is 2.13. The number of carbonyl (C=O) groups excluding carboxylic acids is 1. The number of anilines is 1. The number of nitrogens with one attached hydrogen (secondary N) is 1. The van der Waals surface area contributed by atoms with Crippen molar-refractivity contribution in [3.63, 3.8) is 0 Å². The molecule has 0 unspecified atom stereocenters. The van der Waals surface area contributed by atoms with Crippen molar-refractivity contribution in [3.05, 3.63) is 23.8 Å². The van der Waals surface area contributed by atoms with E-state index in [0.717, 1.165) is 43.7 Å². The fourth-order valence-corrected chi connectivity index (χ4v) is 2.38. The highest BCUT2D eigenvalue weighted by atomic mass is 16.5. The Bertz CT molecular complexity index is 438. The van der Waals surface area contributed by atoms with Crippen LogP contribution < -0.4 is 10.1 Å². The molecule has 2 rings (SSSR count). The van der Waals surface area contributed by atoms with Crippen molar-refractivity contribution in [2.75, 3.05) is 11.9 Å². The standard InChI is InChI=1S/C16H23NO2/c1-3-12(4-2)11-19-14-8-9-15-13(10-14)6-5-7-16(18)17-15/h8-10,12H,3-7,11H2,1-2H3,(H,17,18). The summed E-state index contributed by atoms with van der Waals surface area (Å²) in [5, 5.41) is 2.94. The van der Waals surface area contributed by atoms with Crippen LogP contribution in [-0.2, 0) is 11.2 Å². The minimum Gasteiger partial charge on any atom is -0.493 e. The Morgan fingerprint density at radius 2 is 2.05 bits per heavy atom. The number of ether oxygens (including phenoxy) is 1. The second-order valence-corrected chi connectivity index (χ2v) is 5.21. The van der Waals surface area contributed by atoms with E-state index < -0.39 is 0 Å². The predicted octanol–water partition coefficient (Wildman–Crippen LogP) is 3.78. The summed E-state index contributed by atoms with van der Waals surface area (Å²) >= 11 is 0. The van der Waals surface area contributed by atoms with Gasteiger partial charge in [-0.1, -0.05) is 26.7 Å². The molecule has 3 nitrogen and oxygen atoms in total. The van der Waals surface area contributed by atoms with Crippen LogP contribution in [0.3, 0.4) is 0 Å². The smallest absolute Gasteiger partial charge is 0.224 e. The van der Waals surface area contributed by atoms with Crippen molar-refractivity contribution in [2.45, 2.75) is 46.0 Å². The molecule has 0 aromatic heterocycles. The van der Waals surface area contributed by atoms with Crippen LogP contribution in [0.4, 0.5) is 5.69 Å². The molecule has 1 aliphatic heterocycles. The number of aryl methyl sites for hydroxylation is 1. The van der Waals surface area contributed by atoms with Crippen molar-refractivity contribution in [1.82, 2.24) is 0 Å². The molecule has 104 valence electrons. The summed E-state index contributed by atoms with van der Waals surface area (Å²) in [6, 6.07) is 5.98. The molecule has 1 N–H and O–H groups in total. The van der Waals surface area contributed by atoms with Crippen LogP contribution in [0, 0.1) is 5.92 Å². The van der Waals surface area contributed by atoms with E-state index in [4.69, 9.17) is 4.74 Å². The van der Waals surface area contributed by atoms with Gasteiger partial charge in [0, 0.05) is 12.1 Å². The maximum atomic E-state index is 11.5. The molecular formula is C16H23NO2. The lowest BCUT2D eigenvalue weighted by atomic mass is 10.1. The Morgan fingerprint density at radius 1 is 1.26 bits per heavy atom. The molecule has 19 heavy (non-hydrogen) atoms. The van der Waals surface area contributed by atoms with Gasteiger partial charge in [0.2, 0.25) is 5.91 Å². The first-order valence-corrected chi connectivity index (χ1v) is 7.28. The molecule has 1 heterocycles. The first-order valence-electron chi connectivity index (χ1n) is 7.28. The van der Waals surface area contributed by atoms with Crippen LogP contribution in [0.2, 0.25) is 0 Å². The SMILES string of the molecule is CCC(CC)COc1ccc2c(c1)CCCC(=O)N2. The van der Waals surface area contributed by atoms with Crippen LogP contribution in [0.15, 0.2) is 18.2 Å². The molecule has 1 aromatic rings. The molecule has 3 heteroatoms. The van der Waals surface area contributed by atoms with Gasteiger partial charge in [-0.15, -0.1) is 0 Å². The van der Waals surface area contributed by atoms with Crippen molar-refractivity contribution in [3.8, 4) is 5.75 Å². The number of amides is 1. The minimum atomic E-state index is 0.115. The summed E-state index contributed by atoms with van der Waals surface area (Å²) in [4.78, 5) is 11.5. The third kappa shape index (κ3) is 3.72. The Labute approximate surface area is 115 Å². The quantitative estimate of drug-likeness (QED) is 0.876. The summed E-state index contributed by atoms with van der Waals surface area (Å²) in [5.74, 6) is 1.66. The summed E-state index contributed by atoms with van der Waals surface area (Å²) < 4.78 is 5.87. The first-order chi connectivity index (χ1) is 9.22. The van der Waals surface area contributed by atoms with E-state index >= 15 is 0 Å². The predicted molar refractivity (Wildman–Crippen MR) is 77.6 cm³/mol. The van der Waals surface area contributed by atoms with Crippen LogP contribution in [-0.4, -0.2) is 12.5 Å². The van der Waals surface area contributed by atoms with Crippen molar-refractivity contribution >= 4 is 11.6 Å². The minimum absolute atomic E-state index is 0.115. The molecule has 0 radical (unpaired) electrons. The normalized spacial score (nSPS) is 14.8. The van der Waals surface area contributed by atoms with Gasteiger partial charge in [0.05, 0.1) is 6.61 Å². The molecule has 0 saturated carbocycles. The average molecular weight is 261 g/mol. The molecule has 0 aliphatic carbocycles. The summed E-state index contributed by atoms with van der Waals surface area (Å²) in [6.45, 7) is 5.17. The zero-order chi connectivity index (χ0) is 13.7. The zero-order valence-electron chi connectivity index (χ0n) is 11.9. The highest BCUT2D eigenvalue weighted by Crippen LogP contribution is 2.27. The van der Waals surface area contributed by atoms with Crippen molar-refractivity contribution in [2.24, 2.45) is 5.92 Å². The van der Waals surface area contributed by atoms with Gasteiger partial charge in [0.25, 0.3) is 0 Å². The third-order valence-corrected chi connectivity index (χ3v) is 3.84. The molecule has 0 atom stereocenters. The fourth-order valence-electron chi connectivity index (χ4n) is 2.38. The molecule has 1 aliphatic rings. The topological polar surface area (TPSA) is 38.3 Å². The van der Waals surface area contributed by atoms with E-state index in [1.807, 2.05) is 12.1 Å². The number of hydrogen-bond acceptors (Lipinski definition) is 2. The van der Waals surface area contributed by atoms with E-state index in [9.17, 15) is 4.79 Å². The number of fused-ring (bicyclic) bond motifs is 1. The van der Waals surface area contributed by atoms with Crippen LogP contribution in [0.5, 0.6) is 5.75 Å². The summed E-state index contributed by atoms with van der Waals surface area (Å²) in [5.41, 5.74) is 2.13. The Kier molecular flexibility index (Phi) is 4.83. The van der Waals surface area contributed by atoms with Gasteiger partial charge in [0.15, 0.2) is 0 Å². The van der Waals surface area contributed by atoms with Crippen molar-refractivity contribution in [1.29, 1.82) is 0 Å². The van der Waals surface area contributed by atoms with Crippen LogP contribution in [0.1, 0.15) is 45.1 Å². The Balaban J connectivity index is 2.04. The lowest BCUT2D eigenvalue weighted by molar-refractivity contribution is -0.116. The van der Waals surface area contributed by atoms with Gasteiger partial charge in [-0.25, -0.2) is 0 Å². The summed E-state index contributed by atoms with van der Waals surface area (Å²) in [7, 11) is 0. The van der Waals surface area contributed by atoms with Gasteiger partial charge < -0.3 is 10.1 Å². The lowest BCUT2D eigenvalue weighted by Gasteiger charge is -2.15. The second kappa shape index (κ2) is 6.60. The molecular weight excluding hydrogens is 238 g/mol. The number of rotatable bonds is 5. The van der Waals surface area contributed by atoms with Gasteiger partial charge in [-0.05, 0) is 42.5 Å². The highest BCUT2D eigenvalue weighted by molar-refractivity contribution is 5.92. The summed E-state index contributed by atoms with van der Waals surface area (Å²) in [6.07, 6.45) is 4.76. The van der Waals surface area contributed by atoms with E-state index in [0.29, 0.717) is 12.3 Å². The zero-order valence-corrected chi connectivity index (χ0v) is 11.9. The number of benzene rings is 1. The maximum Gasteiger partial charge on any atom is 0.224 e. The number of hydrogen-bond donors (Lipinski definition) is 1. The monoisotopic (exact) mass is 261 g/mol. The third-order valence-electron chi connectivity index (χ3n) is 3.84. The van der Waals surface area contributed by atoms with Crippen LogP contribution in [0.25, 0.3) is 0 Å². The lowest BCUT2D eigenvalue weighted by Crippen LogP contribution is -2.11. The van der Waals surface area contributed by atoms with E-state index in [1.54, 1.807) is 0 Å². The molecule has 0 fully saturated rings. The van der Waals surface area contributed by atoms with Gasteiger partial charge in [-0.3, -0.25) is 4.79 Å². The van der Waals surface area contributed by atoms with Crippen molar-refractivity contribution < 1.29 is 9.53 Å².